The number of nitrogens with zero attached hydrogens (tertiary/aromatic N) is 3. The normalized spacial score (nSPS) is 19.6. The number of rotatable bonds is 4. The second kappa shape index (κ2) is 6.32. The SMILES string of the molecule is O=C(Nc1nc2c(s1)CCC2)[C@H]1CC(=O)N(Cc2ccccn2)C1. The summed E-state index contributed by atoms with van der Waals surface area (Å²) >= 11 is 1.56. The van der Waals surface area contributed by atoms with E-state index >= 15 is 0 Å². The fourth-order valence-electron chi connectivity index (χ4n) is 3.24. The quantitative estimate of drug-likeness (QED) is 0.922. The Morgan fingerprint density at radius 2 is 2.29 bits per heavy atom. The lowest BCUT2D eigenvalue weighted by atomic mass is 10.1. The largest absolute Gasteiger partial charge is 0.336 e. The molecule has 1 atom stereocenters. The Hall–Kier alpha value is -2.28. The molecule has 1 fully saturated rings. The van der Waals surface area contributed by atoms with Gasteiger partial charge in [-0.25, -0.2) is 4.98 Å². The Bertz CT molecular complexity index is 753. The van der Waals surface area contributed by atoms with Gasteiger partial charge in [-0.2, -0.15) is 0 Å². The van der Waals surface area contributed by atoms with Crippen LogP contribution in [0.15, 0.2) is 24.4 Å². The third-order valence-electron chi connectivity index (χ3n) is 4.49. The van der Waals surface area contributed by atoms with Crippen LogP contribution in [0.5, 0.6) is 0 Å². The predicted molar refractivity (Wildman–Crippen MR) is 90.5 cm³/mol. The summed E-state index contributed by atoms with van der Waals surface area (Å²) in [6.45, 7) is 0.890. The fourth-order valence-corrected chi connectivity index (χ4v) is 4.29. The summed E-state index contributed by atoms with van der Waals surface area (Å²) in [7, 11) is 0. The number of nitrogens with one attached hydrogen (secondary N) is 1. The highest BCUT2D eigenvalue weighted by Gasteiger charge is 2.35. The highest BCUT2D eigenvalue weighted by molar-refractivity contribution is 7.15. The van der Waals surface area contributed by atoms with Crippen molar-refractivity contribution in [3.8, 4) is 0 Å². The lowest BCUT2D eigenvalue weighted by molar-refractivity contribution is -0.128. The molecule has 0 unspecified atom stereocenters. The summed E-state index contributed by atoms with van der Waals surface area (Å²) in [5, 5.41) is 3.56. The monoisotopic (exact) mass is 342 g/mol. The molecule has 1 N–H and O–H groups in total. The minimum absolute atomic E-state index is 0.00226. The molecule has 24 heavy (non-hydrogen) atoms. The molecule has 7 heteroatoms. The van der Waals surface area contributed by atoms with E-state index in [1.807, 2.05) is 18.2 Å². The van der Waals surface area contributed by atoms with Crippen LogP contribution >= 0.6 is 11.3 Å². The number of carbonyl (C=O) groups excluding carboxylic acids is 2. The summed E-state index contributed by atoms with van der Waals surface area (Å²) in [5.74, 6) is -0.429. The molecule has 2 aromatic heterocycles. The standard InChI is InChI=1S/C17H18N4O2S/c22-15-8-11(9-21(15)10-12-4-1-2-7-18-12)16(23)20-17-19-13-5-3-6-14(13)24-17/h1-2,4,7,11H,3,5-6,8-10H2,(H,19,20,23)/t11-/m0/s1. The Morgan fingerprint density at radius 3 is 3.08 bits per heavy atom. The number of pyridine rings is 1. The Labute approximate surface area is 143 Å². The van der Waals surface area contributed by atoms with E-state index < -0.39 is 0 Å². The number of amides is 2. The molecule has 2 aromatic rings. The number of aryl methyl sites for hydroxylation is 2. The first-order valence-electron chi connectivity index (χ1n) is 8.16. The van der Waals surface area contributed by atoms with E-state index in [-0.39, 0.29) is 24.2 Å². The molecular weight excluding hydrogens is 324 g/mol. The zero-order valence-electron chi connectivity index (χ0n) is 13.2. The van der Waals surface area contributed by atoms with Gasteiger partial charge in [-0.15, -0.1) is 11.3 Å². The second-order valence-electron chi connectivity index (χ2n) is 6.23. The fraction of sp³-hybridized carbons (Fsp3) is 0.412. The van der Waals surface area contributed by atoms with E-state index in [0.29, 0.717) is 18.2 Å². The average molecular weight is 342 g/mol. The topological polar surface area (TPSA) is 75.2 Å². The lowest BCUT2D eigenvalue weighted by Gasteiger charge is -2.15. The van der Waals surface area contributed by atoms with Crippen molar-refractivity contribution >= 4 is 28.3 Å². The van der Waals surface area contributed by atoms with Crippen LogP contribution in [0.2, 0.25) is 0 Å². The molecule has 4 rings (SSSR count). The summed E-state index contributed by atoms with van der Waals surface area (Å²) < 4.78 is 0. The van der Waals surface area contributed by atoms with Crippen LogP contribution in [0.4, 0.5) is 5.13 Å². The smallest absolute Gasteiger partial charge is 0.231 e. The summed E-state index contributed by atoms with van der Waals surface area (Å²) in [6, 6.07) is 5.63. The van der Waals surface area contributed by atoms with Gasteiger partial charge in [-0.3, -0.25) is 14.6 Å². The first-order chi connectivity index (χ1) is 11.7. The summed E-state index contributed by atoms with van der Waals surface area (Å²) in [4.78, 5) is 36.3. The van der Waals surface area contributed by atoms with E-state index in [1.165, 1.54) is 4.88 Å². The van der Waals surface area contributed by atoms with E-state index in [4.69, 9.17) is 0 Å². The van der Waals surface area contributed by atoms with Gasteiger partial charge in [0.25, 0.3) is 0 Å². The predicted octanol–water partition coefficient (Wildman–Crippen LogP) is 2.01. The van der Waals surface area contributed by atoms with E-state index in [2.05, 4.69) is 15.3 Å². The Balaban J connectivity index is 1.38. The third kappa shape index (κ3) is 3.03. The molecule has 3 heterocycles. The maximum atomic E-state index is 12.4. The Morgan fingerprint density at radius 1 is 1.38 bits per heavy atom. The van der Waals surface area contributed by atoms with Crippen molar-refractivity contribution in [3.63, 3.8) is 0 Å². The molecule has 1 saturated heterocycles. The number of hydrogen-bond donors (Lipinski definition) is 1. The van der Waals surface area contributed by atoms with Crippen molar-refractivity contribution in [2.75, 3.05) is 11.9 Å². The van der Waals surface area contributed by atoms with Crippen LogP contribution in [0.1, 0.15) is 29.1 Å². The first kappa shape index (κ1) is 15.3. The van der Waals surface area contributed by atoms with Gasteiger partial charge in [-0.1, -0.05) is 6.07 Å². The van der Waals surface area contributed by atoms with Gasteiger partial charge in [0.2, 0.25) is 11.8 Å². The molecule has 0 radical (unpaired) electrons. The maximum absolute atomic E-state index is 12.4. The molecule has 0 saturated carbocycles. The number of anilines is 1. The van der Waals surface area contributed by atoms with Crippen LogP contribution in [-0.2, 0) is 29.0 Å². The van der Waals surface area contributed by atoms with Crippen molar-refractivity contribution in [1.29, 1.82) is 0 Å². The van der Waals surface area contributed by atoms with Crippen molar-refractivity contribution in [2.24, 2.45) is 5.92 Å². The molecule has 2 amide bonds. The molecule has 2 aliphatic rings. The number of thiazole rings is 1. The molecule has 1 aliphatic heterocycles. The van der Waals surface area contributed by atoms with Gasteiger partial charge >= 0.3 is 0 Å². The van der Waals surface area contributed by atoms with Gasteiger partial charge in [0, 0.05) is 24.0 Å². The zero-order valence-corrected chi connectivity index (χ0v) is 14.0. The molecule has 0 aromatic carbocycles. The van der Waals surface area contributed by atoms with Crippen LogP contribution in [0, 0.1) is 5.92 Å². The van der Waals surface area contributed by atoms with Gasteiger partial charge < -0.3 is 10.2 Å². The van der Waals surface area contributed by atoms with Crippen LogP contribution in [-0.4, -0.2) is 33.2 Å². The Kier molecular flexibility index (Phi) is 4.02. The van der Waals surface area contributed by atoms with Gasteiger partial charge in [0.15, 0.2) is 5.13 Å². The number of fused-ring (bicyclic) bond motifs is 1. The van der Waals surface area contributed by atoms with Gasteiger partial charge in [-0.05, 0) is 31.4 Å². The van der Waals surface area contributed by atoms with Crippen LogP contribution in [0.25, 0.3) is 0 Å². The van der Waals surface area contributed by atoms with E-state index in [1.54, 1.807) is 22.4 Å². The molecular formula is C17H18N4O2S. The number of hydrogen-bond acceptors (Lipinski definition) is 5. The highest BCUT2D eigenvalue weighted by atomic mass is 32.1. The zero-order chi connectivity index (χ0) is 16.5. The lowest BCUT2D eigenvalue weighted by Crippen LogP contribution is -2.28. The molecule has 1 aliphatic carbocycles. The van der Waals surface area contributed by atoms with Crippen molar-refractivity contribution < 1.29 is 9.59 Å². The molecule has 124 valence electrons. The summed E-state index contributed by atoms with van der Waals surface area (Å²) in [6.07, 6.45) is 5.18. The minimum atomic E-state index is -0.319. The molecule has 6 nitrogen and oxygen atoms in total. The molecule has 0 bridgehead atoms. The number of carbonyl (C=O) groups is 2. The first-order valence-corrected chi connectivity index (χ1v) is 8.98. The maximum Gasteiger partial charge on any atom is 0.231 e. The summed E-state index contributed by atoms with van der Waals surface area (Å²) in [5.41, 5.74) is 1.96. The number of likely N-dealkylation sites (tertiary alicyclic amines) is 1. The van der Waals surface area contributed by atoms with Gasteiger partial charge in [0.05, 0.1) is 23.9 Å². The van der Waals surface area contributed by atoms with Crippen LogP contribution < -0.4 is 5.32 Å². The van der Waals surface area contributed by atoms with E-state index in [0.717, 1.165) is 30.7 Å². The average Bonchev–Trinajstić information content (AvgIpc) is 3.24. The van der Waals surface area contributed by atoms with E-state index in [9.17, 15) is 9.59 Å². The highest BCUT2D eigenvalue weighted by Crippen LogP contribution is 2.31. The minimum Gasteiger partial charge on any atom is -0.336 e. The number of aromatic nitrogens is 2. The second-order valence-corrected chi connectivity index (χ2v) is 7.31. The van der Waals surface area contributed by atoms with Crippen molar-refractivity contribution in [3.05, 3.63) is 40.7 Å². The van der Waals surface area contributed by atoms with Crippen molar-refractivity contribution in [1.82, 2.24) is 14.9 Å². The third-order valence-corrected chi connectivity index (χ3v) is 5.56. The molecule has 0 spiro atoms. The van der Waals surface area contributed by atoms with Crippen molar-refractivity contribution in [2.45, 2.75) is 32.2 Å². The van der Waals surface area contributed by atoms with Gasteiger partial charge in [0.1, 0.15) is 0 Å². The van der Waals surface area contributed by atoms with Crippen LogP contribution in [0.3, 0.4) is 0 Å².